The third-order valence-corrected chi connectivity index (χ3v) is 1.94. The van der Waals surface area contributed by atoms with Gasteiger partial charge in [0, 0.05) is 11.6 Å². The van der Waals surface area contributed by atoms with Gasteiger partial charge in [0.2, 0.25) is 0 Å². The summed E-state index contributed by atoms with van der Waals surface area (Å²) in [7, 11) is 0. The van der Waals surface area contributed by atoms with E-state index < -0.39 is 0 Å². The van der Waals surface area contributed by atoms with Gasteiger partial charge in [-0.05, 0) is 25.5 Å². The highest BCUT2D eigenvalue weighted by atomic mass is 15.1. The summed E-state index contributed by atoms with van der Waals surface area (Å²) < 4.78 is 0. The van der Waals surface area contributed by atoms with Gasteiger partial charge < -0.3 is 0 Å². The average Bonchev–Trinajstić information content (AvgIpc) is 2.12. The Balaban J connectivity index is 2.95. The van der Waals surface area contributed by atoms with Crippen molar-refractivity contribution in [1.82, 2.24) is 15.2 Å². The first-order chi connectivity index (χ1) is 5.79. The van der Waals surface area contributed by atoms with Crippen molar-refractivity contribution in [2.45, 2.75) is 13.8 Å². The van der Waals surface area contributed by atoms with E-state index in [1.165, 1.54) is 0 Å². The van der Waals surface area contributed by atoms with Crippen molar-refractivity contribution in [2.75, 3.05) is 0 Å². The van der Waals surface area contributed by atoms with Crippen LogP contribution in [0.3, 0.4) is 0 Å². The molecule has 0 saturated heterocycles. The summed E-state index contributed by atoms with van der Waals surface area (Å²) in [5.41, 5.74) is 2.98. The van der Waals surface area contributed by atoms with Crippen molar-refractivity contribution < 1.29 is 0 Å². The molecule has 0 N–H and O–H groups in total. The molecular weight excluding hydrogens is 150 g/mol. The van der Waals surface area contributed by atoms with Gasteiger partial charge in [0.25, 0.3) is 0 Å². The largest absolute Gasteiger partial charge is 0.259 e. The minimum atomic E-state index is 0.900. The molecule has 0 unspecified atom stereocenters. The number of pyridine rings is 1. The molecule has 3 heteroatoms. The SMILES string of the molecule is Cc1cnc(C)c2nnccc12. The molecular formula is C9H9N3. The van der Waals surface area contributed by atoms with Crippen molar-refractivity contribution in [3.63, 3.8) is 0 Å². The summed E-state index contributed by atoms with van der Waals surface area (Å²) in [4.78, 5) is 4.20. The summed E-state index contributed by atoms with van der Waals surface area (Å²) in [5, 5.41) is 8.99. The van der Waals surface area contributed by atoms with Crippen molar-refractivity contribution in [3.8, 4) is 0 Å². The van der Waals surface area contributed by atoms with E-state index >= 15 is 0 Å². The summed E-state index contributed by atoms with van der Waals surface area (Å²) in [5.74, 6) is 0. The predicted molar refractivity (Wildman–Crippen MR) is 46.8 cm³/mol. The Kier molecular flexibility index (Phi) is 1.50. The number of fused-ring (bicyclic) bond motifs is 1. The molecule has 0 spiro atoms. The summed E-state index contributed by atoms with van der Waals surface area (Å²) in [6.07, 6.45) is 3.56. The fraction of sp³-hybridized carbons (Fsp3) is 0.222. The highest BCUT2D eigenvalue weighted by molar-refractivity contribution is 5.82. The van der Waals surface area contributed by atoms with Crippen LogP contribution in [0.5, 0.6) is 0 Å². The van der Waals surface area contributed by atoms with Crippen molar-refractivity contribution in [1.29, 1.82) is 0 Å². The molecule has 0 aliphatic rings. The first kappa shape index (κ1) is 7.16. The van der Waals surface area contributed by atoms with Crippen molar-refractivity contribution in [3.05, 3.63) is 29.7 Å². The van der Waals surface area contributed by atoms with Crippen LogP contribution in [-0.4, -0.2) is 15.2 Å². The van der Waals surface area contributed by atoms with Crippen molar-refractivity contribution in [2.24, 2.45) is 0 Å². The molecule has 2 heterocycles. The molecule has 2 aromatic rings. The zero-order valence-electron chi connectivity index (χ0n) is 7.07. The summed E-state index contributed by atoms with van der Waals surface area (Å²) in [6, 6.07) is 1.96. The van der Waals surface area contributed by atoms with Gasteiger partial charge in [-0.1, -0.05) is 0 Å². The molecule has 0 aliphatic carbocycles. The Morgan fingerprint density at radius 1 is 1.25 bits per heavy atom. The predicted octanol–water partition coefficient (Wildman–Crippen LogP) is 1.64. The molecule has 3 nitrogen and oxygen atoms in total. The Bertz CT molecular complexity index is 383. The molecule has 0 saturated carbocycles. The Labute approximate surface area is 70.5 Å². The zero-order valence-corrected chi connectivity index (χ0v) is 7.07. The monoisotopic (exact) mass is 159 g/mol. The van der Waals surface area contributed by atoms with E-state index in [2.05, 4.69) is 15.2 Å². The minimum absolute atomic E-state index is 0.900. The van der Waals surface area contributed by atoms with E-state index in [1.54, 1.807) is 6.20 Å². The van der Waals surface area contributed by atoms with Crippen LogP contribution in [0.1, 0.15) is 11.3 Å². The first-order valence-corrected chi connectivity index (χ1v) is 3.82. The molecule has 60 valence electrons. The zero-order chi connectivity index (χ0) is 8.55. The minimum Gasteiger partial charge on any atom is -0.259 e. The van der Waals surface area contributed by atoms with E-state index in [-0.39, 0.29) is 0 Å². The van der Waals surface area contributed by atoms with Gasteiger partial charge in [-0.2, -0.15) is 5.10 Å². The van der Waals surface area contributed by atoms with Gasteiger partial charge in [0.05, 0.1) is 11.9 Å². The number of aryl methyl sites for hydroxylation is 2. The molecule has 12 heavy (non-hydrogen) atoms. The van der Waals surface area contributed by atoms with Gasteiger partial charge in [0.15, 0.2) is 0 Å². The number of hydrogen-bond donors (Lipinski definition) is 0. The lowest BCUT2D eigenvalue weighted by molar-refractivity contribution is 1.05. The molecule has 0 amide bonds. The van der Waals surface area contributed by atoms with E-state index in [0.717, 1.165) is 22.2 Å². The second kappa shape index (κ2) is 2.52. The lowest BCUT2D eigenvalue weighted by Crippen LogP contribution is -1.91. The van der Waals surface area contributed by atoms with Gasteiger partial charge in [-0.15, -0.1) is 5.10 Å². The number of aromatic nitrogens is 3. The maximum atomic E-state index is 4.20. The standard InChI is InChI=1S/C9H9N3/c1-6-5-10-7(2)9-8(6)3-4-11-12-9/h3-5H,1-2H3. The van der Waals surface area contributed by atoms with E-state index in [9.17, 15) is 0 Å². The topological polar surface area (TPSA) is 38.7 Å². The number of nitrogens with zero attached hydrogens (tertiary/aromatic N) is 3. The van der Waals surface area contributed by atoms with Gasteiger partial charge >= 0.3 is 0 Å². The molecule has 2 aromatic heterocycles. The van der Waals surface area contributed by atoms with Crippen LogP contribution >= 0.6 is 0 Å². The molecule has 0 radical (unpaired) electrons. The van der Waals surface area contributed by atoms with E-state index in [0.29, 0.717) is 0 Å². The highest BCUT2D eigenvalue weighted by Gasteiger charge is 2.01. The van der Waals surface area contributed by atoms with Crippen molar-refractivity contribution >= 4 is 10.9 Å². The Hall–Kier alpha value is -1.51. The smallest absolute Gasteiger partial charge is 0.114 e. The molecule has 0 atom stereocenters. The van der Waals surface area contributed by atoms with Gasteiger partial charge in [-0.3, -0.25) is 4.98 Å². The maximum absolute atomic E-state index is 4.20. The second-order valence-corrected chi connectivity index (χ2v) is 2.82. The molecule has 0 fully saturated rings. The fourth-order valence-corrected chi connectivity index (χ4v) is 1.24. The first-order valence-electron chi connectivity index (χ1n) is 3.82. The van der Waals surface area contributed by atoms with Crippen LogP contribution in [0.15, 0.2) is 18.5 Å². The highest BCUT2D eigenvalue weighted by Crippen LogP contribution is 2.15. The van der Waals surface area contributed by atoms with Crippen LogP contribution in [0.4, 0.5) is 0 Å². The lowest BCUT2D eigenvalue weighted by atomic mass is 10.1. The van der Waals surface area contributed by atoms with Crippen LogP contribution in [0.25, 0.3) is 10.9 Å². The quantitative estimate of drug-likeness (QED) is 0.586. The maximum Gasteiger partial charge on any atom is 0.114 e. The lowest BCUT2D eigenvalue weighted by Gasteiger charge is -2.00. The van der Waals surface area contributed by atoms with E-state index in [4.69, 9.17) is 0 Å². The summed E-state index contributed by atoms with van der Waals surface area (Å²) in [6.45, 7) is 3.97. The number of hydrogen-bond acceptors (Lipinski definition) is 3. The van der Waals surface area contributed by atoms with Gasteiger partial charge in [-0.25, -0.2) is 0 Å². The Morgan fingerprint density at radius 2 is 2.08 bits per heavy atom. The number of rotatable bonds is 0. The molecule has 2 rings (SSSR count). The third kappa shape index (κ3) is 0.942. The normalized spacial score (nSPS) is 10.5. The molecule has 0 bridgehead atoms. The summed E-state index contributed by atoms with van der Waals surface area (Å²) >= 11 is 0. The van der Waals surface area contributed by atoms with E-state index in [1.807, 2.05) is 26.1 Å². The molecule has 0 aliphatic heterocycles. The third-order valence-electron chi connectivity index (χ3n) is 1.94. The van der Waals surface area contributed by atoms with Crippen LogP contribution in [0, 0.1) is 13.8 Å². The second-order valence-electron chi connectivity index (χ2n) is 2.82. The van der Waals surface area contributed by atoms with Crippen LogP contribution in [0.2, 0.25) is 0 Å². The van der Waals surface area contributed by atoms with Crippen LogP contribution < -0.4 is 0 Å². The molecule has 0 aromatic carbocycles. The Morgan fingerprint density at radius 3 is 2.83 bits per heavy atom. The average molecular weight is 159 g/mol. The van der Waals surface area contributed by atoms with Gasteiger partial charge in [0.1, 0.15) is 5.52 Å². The fourth-order valence-electron chi connectivity index (χ4n) is 1.24. The van der Waals surface area contributed by atoms with Crippen LogP contribution in [-0.2, 0) is 0 Å².